The largest absolute Gasteiger partial charge is 0.395 e. The van der Waals surface area contributed by atoms with Crippen molar-refractivity contribution in [2.75, 3.05) is 39.3 Å². The maximum atomic E-state index is 12.7. The number of aliphatic hydroxyl groups is 1. The highest BCUT2D eigenvalue weighted by Gasteiger charge is 2.21. The highest BCUT2D eigenvalue weighted by Crippen LogP contribution is 2.31. The Morgan fingerprint density at radius 3 is 2.54 bits per heavy atom. The Kier molecular flexibility index (Phi) is 6.26. The van der Waals surface area contributed by atoms with Crippen molar-refractivity contribution in [2.45, 2.75) is 10.1 Å². The summed E-state index contributed by atoms with van der Waals surface area (Å²) in [6.07, 6.45) is 0. The Morgan fingerprint density at radius 2 is 1.82 bits per heavy atom. The molecule has 0 aliphatic carbocycles. The molecule has 0 unspecified atom stereocenters. The van der Waals surface area contributed by atoms with Crippen LogP contribution in [0.15, 0.2) is 52.9 Å². The summed E-state index contributed by atoms with van der Waals surface area (Å²) in [6.45, 7) is 3.93. The highest BCUT2D eigenvalue weighted by molar-refractivity contribution is 8.00. The Bertz CT molecular complexity index is 901. The van der Waals surface area contributed by atoms with Gasteiger partial charge < -0.3 is 10.0 Å². The van der Waals surface area contributed by atoms with Crippen LogP contribution in [0.4, 0.5) is 0 Å². The second-order valence-electron chi connectivity index (χ2n) is 6.79. The Morgan fingerprint density at radius 1 is 1.07 bits per heavy atom. The van der Waals surface area contributed by atoms with E-state index in [1.54, 1.807) is 23.1 Å². The van der Waals surface area contributed by atoms with E-state index in [2.05, 4.69) is 16.0 Å². The Labute approximate surface area is 173 Å². The molecule has 1 N–H and O–H groups in total. The first-order valence-corrected chi connectivity index (χ1v) is 11.2. The molecule has 0 atom stereocenters. The molecular weight excluding hydrogens is 390 g/mol. The van der Waals surface area contributed by atoms with E-state index in [4.69, 9.17) is 5.11 Å². The predicted molar refractivity (Wildman–Crippen MR) is 115 cm³/mol. The van der Waals surface area contributed by atoms with Crippen LogP contribution >= 0.6 is 23.1 Å². The van der Waals surface area contributed by atoms with Crippen molar-refractivity contribution in [3.05, 3.63) is 59.7 Å². The lowest BCUT2D eigenvalue weighted by atomic mass is 10.1. The van der Waals surface area contributed by atoms with Crippen LogP contribution < -0.4 is 0 Å². The van der Waals surface area contributed by atoms with Gasteiger partial charge in [0.25, 0.3) is 5.91 Å². The Hall–Kier alpha value is -1.93. The third-order valence-corrected chi connectivity index (χ3v) is 7.16. The second kappa shape index (κ2) is 9.05. The first kappa shape index (κ1) is 19.4. The number of aliphatic hydroxyl groups excluding tert-OH is 1. The summed E-state index contributed by atoms with van der Waals surface area (Å²) >= 11 is 3.45. The molecule has 2 aromatic carbocycles. The van der Waals surface area contributed by atoms with E-state index in [9.17, 15) is 4.79 Å². The van der Waals surface area contributed by atoms with Crippen LogP contribution in [0.25, 0.3) is 10.2 Å². The van der Waals surface area contributed by atoms with Gasteiger partial charge in [0, 0.05) is 44.0 Å². The zero-order valence-electron chi connectivity index (χ0n) is 15.6. The third-order valence-electron chi connectivity index (χ3n) is 4.91. The monoisotopic (exact) mass is 413 g/mol. The van der Waals surface area contributed by atoms with E-state index in [1.165, 1.54) is 10.3 Å². The zero-order valence-corrected chi connectivity index (χ0v) is 17.2. The Balaban J connectivity index is 1.32. The highest BCUT2D eigenvalue weighted by atomic mass is 32.2. The molecule has 28 heavy (non-hydrogen) atoms. The van der Waals surface area contributed by atoms with E-state index < -0.39 is 0 Å². The number of carbonyl (C=O) groups is 1. The number of thiazole rings is 1. The van der Waals surface area contributed by atoms with Crippen LogP contribution in [0.1, 0.15) is 15.9 Å². The molecule has 1 aliphatic heterocycles. The number of rotatable bonds is 6. The van der Waals surface area contributed by atoms with Gasteiger partial charge in [-0.1, -0.05) is 36.0 Å². The molecule has 4 rings (SSSR count). The number of piperazine rings is 1. The maximum absolute atomic E-state index is 12.7. The van der Waals surface area contributed by atoms with Crippen molar-refractivity contribution in [1.29, 1.82) is 0 Å². The van der Waals surface area contributed by atoms with Crippen molar-refractivity contribution >= 4 is 39.2 Å². The predicted octanol–water partition coefficient (Wildman–Crippen LogP) is 3.34. The molecule has 1 amide bonds. The van der Waals surface area contributed by atoms with Crippen molar-refractivity contribution in [1.82, 2.24) is 14.8 Å². The van der Waals surface area contributed by atoms with Gasteiger partial charge in [-0.15, -0.1) is 11.3 Å². The zero-order chi connectivity index (χ0) is 19.3. The molecular formula is C21H23N3O2S2. The third kappa shape index (κ3) is 4.55. The molecule has 1 fully saturated rings. The summed E-state index contributed by atoms with van der Waals surface area (Å²) in [5.74, 6) is 0.933. The molecule has 0 saturated carbocycles. The molecule has 0 spiro atoms. The summed E-state index contributed by atoms with van der Waals surface area (Å²) in [5, 5.41) is 9.02. The smallest absolute Gasteiger partial charge is 0.253 e. The number of carbonyl (C=O) groups excluding carboxylic acids is 1. The fourth-order valence-electron chi connectivity index (χ4n) is 3.30. The van der Waals surface area contributed by atoms with Crippen molar-refractivity contribution < 1.29 is 9.90 Å². The van der Waals surface area contributed by atoms with Gasteiger partial charge >= 0.3 is 0 Å². The lowest BCUT2D eigenvalue weighted by Gasteiger charge is -2.34. The van der Waals surface area contributed by atoms with Crippen molar-refractivity contribution in [3.63, 3.8) is 0 Å². The van der Waals surface area contributed by atoms with Gasteiger partial charge in [0.15, 0.2) is 4.34 Å². The van der Waals surface area contributed by atoms with Gasteiger partial charge in [0.05, 0.1) is 16.8 Å². The molecule has 7 heteroatoms. The summed E-state index contributed by atoms with van der Waals surface area (Å²) in [6, 6.07) is 16.1. The van der Waals surface area contributed by atoms with Gasteiger partial charge in [0.2, 0.25) is 0 Å². The lowest BCUT2D eigenvalue weighted by Crippen LogP contribution is -2.49. The second-order valence-corrected chi connectivity index (χ2v) is 9.04. The molecule has 1 saturated heterocycles. The number of β-amino-alcohol motifs (C(OH)–C–C–N with tert-alkyl or cyclic N) is 1. The minimum atomic E-state index is 0.0917. The number of aromatic nitrogens is 1. The summed E-state index contributed by atoms with van der Waals surface area (Å²) in [5.41, 5.74) is 2.98. The van der Waals surface area contributed by atoms with Gasteiger partial charge in [0.1, 0.15) is 0 Å². The lowest BCUT2D eigenvalue weighted by molar-refractivity contribution is 0.0615. The number of thioether (sulfide) groups is 1. The van der Waals surface area contributed by atoms with Gasteiger partial charge in [-0.2, -0.15) is 0 Å². The maximum Gasteiger partial charge on any atom is 0.253 e. The van der Waals surface area contributed by atoms with E-state index in [0.717, 1.165) is 34.3 Å². The standard InChI is InChI=1S/C21H23N3O2S2/c25-14-13-23-9-11-24(12-10-23)20(26)17-7-5-16(6-8-17)15-27-21-22-18-3-1-2-4-19(18)28-21/h1-8,25H,9-15H2. The van der Waals surface area contributed by atoms with Crippen LogP contribution in [-0.4, -0.2) is 65.1 Å². The van der Waals surface area contributed by atoms with Gasteiger partial charge in [-0.25, -0.2) is 4.98 Å². The van der Waals surface area contributed by atoms with Crippen LogP contribution in [0.5, 0.6) is 0 Å². The number of hydrogen-bond acceptors (Lipinski definition) is 6. The normalized spacial score (nSPS) is 15.2. The van der Waals surface area contributed by atoms with Crippen LogP contribution in [-0.2, 0) is 5.75 Å². The number of para-hydroxylation sites is 1. The molecule has 1 aromatic heterocycles. The number of benzene rings is 2. The van der Waals surface area contributed by atoms with Gasteiger partial charge in [-0.05, 0) is 29.8 Å². The fraction of sp³-hybridized carbons (Fsp3) is 0.333. The van der Waals surface area contributed by atoms with E-state index in [0.29, 0.717) is 19.6 Å². The first-order valence-electron chi connectivity index (χ1n) is 9.43. The molecule has 1 aliphatic rings. The number of amides is 1. The first-order chi connectivity index (χ1) is 13.7. The topological polar surface area (TPSA) is 56.7 Å². The molecule has 146 valence electrons. The SMILES string of the molecule is O=C(c1ccc(CSc2nc3ccccc3s2)cc1)N1CCN(CCO)CC1. The van der Waals surface area contributed by atoms with Crippen molar-refractivity contribution in [2.24, 2.45) is 0 Å². The molecule has 3 aromatic rings. The average Bonchev–Trinajstić information content (AvgIpc) is 3.16. The van der Waals surface area contributed by atoms with Crippen LogP contribution in [0.2, 0.25) is 0 Å². The quantitative estimate of drug-likeness (QED) is 0.628. The van der Waals surface area contributed by atoms with Gasteiger partial charge in [-0.3, -0.25) is 9.69 Å². The van der Waals surface area contributed by atoms with Crippen molar-refractivity contribution in [3.8, 4) is 0 Å². The fourth-order valence-corrected chi connectivity index (χ4v) is 5.32. The molecule has 0 radical (unpaired) electrons. The van der Waals surface area contributed by atoms with E-state index >= 15 is 0 Å². The molecule has 0 bridgehead atoms. The average molecular weight is 414 g/mol. The summed E-state index contributed by atoms with van der Waals surface area (Å²) in [4.78, 5) is 21.4. The van der Waals surface area contributed by atoms with Crippen LogP contribution in [0.3, 0.4) is 0 Å². The van der Waals surface area contributed by atoms with E-state index in [-0.39, 0.29) is 12.5 Å². The summed E-state index contributed by atoms with van der Waals surface area (Å²) in [7, 11) is 0. The number of hydrogen-bond donors (Lipinski definition) is 1. The number of nitrogens with zero attached hydrogens (tertiary/aromatic N) is 3. The molecule has 2 heterocycles. The minimum Gasteiger partial charge on any atom is -0.395 e. The minimum absolute atomic E-state index is 0.0917. The van der Waals surface area contributed by atoms with E-state index in [1.807, 2.05) is 47.4 Å². The number of fused-ring (bicyclic) bond motifs is 1. The summed E-state index contributed by atoms with van der Waals surface area (Å²) < 4.78 is 2.28. The van der Waals surface area contributed by atoms with Crippen LogP contribution in [0, 0.1) is 0 Å². The molecule has 5 nitrogen and oxygen atoms in total.